The predicted molar refractivity (Wildman–Crippen MR) is 75.1 cm³/mol. The summed E-state index contributed by atoms with van der Waals surface area (Å²) in [6, 6.07) is 8.72. The maximum Gasteiger partial charge on any atom is 0.307 e. The number of hydrogen-bond acceptors (Lipinski definition) is 3. The van der Waals surface area contributed by atoms with E-state index in [-0.39, 0.29) is 17.7 Å². The number of nitriles is 1. The number of hydrogen-bond donors (Lipinski definition) is 2. The van der Waals surface area contributed by atoms with Gasteiger partial charge in [-0.05, 0) is 30.4 Å². The fourth-order valence-electron chi connectivity index (χ4n) is 3.42. The Morgan fingerprint density at radius 1 is 1.19 bits per heavy atom. The van der Waals surface area contributed by atoms with Gasteiger partial charge in [0.25, 0.3) is 0 Å². The first-order chi connectivity index (χ1) is 10.1. The number of nitrogens with zero attached hydrogens (tertiary/aromatic N) is 1. The van der Waals surface area contributed by atoms with Gasteiger partial charge in [0.15, 0.2) is 0 Å². The SMILES string of the molecule is N#Cc1ccccc1NC(=O)[C@@H]1[C@H](C(=O)O)[C@H]2C=C[C@H]1C2. The molecule has 4 atom stereocenters. The number of allylic oxidation sites excluding steroid dienone is 2. The molecule has 2 aliphatic carbocycles. The summed E-state index contributed by atoms with van der Waals surface area (Å²) in [7, 11) is 0. The maximum absolute atomic E-state index is 12.5. The molecule has 2 bridgehead atoms. The van der Waals surface area contributed by atoms with Gasteiger partial charge in [-0.1, -0.05) is 24.3 Å². The number of para-hydroxylation sites is 1. The Hall–Kier alpha value is -2.61. The topological polar surface area (TPSA) is 90.2 Å². The number of carboxylic acids is 1. The Morgan fingerprint density at radius 2 is 1.86 bits per heavy atom. The van der Waals surface area contributed by atoms with Crippen LogP contribution < -0.4 is 5.32 Å². The average molecular weight is 282 g/mol. The highest BCUT2D eigenvalue weighted by atomic mass is 16.4. The lowest BCUT2D eigenvalue weighted by Gasteiger charge is -2.24. The minimum Gasteiger partial charge on any atom is -0.481 e. The molecule has 1 aromatic carbocycles. The number of carbonyl (C=O) groups is 2. The molecule has 21 heavy (non-hydrogen) atoms. The largest absolute Gasteiger partial charge is 0.481 e. The van der Waals surface area contributed by atoms with E-state index in [4.69, 9.17) is 5.26 Å². The third-order valence-corrected chi connectivity index (χ3v) is 4.35. The van der Waals surface area contributed by atoms with E-state index in [1.54, 1.807) is 24.3 Å². The molecule has 1 amide bonds. The van der Waals surface area contributed by atoms with Crippen LogP contribution in [0.2, 0.25) is 0 Å². The Kier molecular flexibility index (Phi) is 3.22. The molecule has 5 heteroatoms. The highest BCUT2D eigenvalue weighted by Crippen LogP contribution is 2.48. The minimum atomic E-state index is -0.930. The lowest BCUT2D eigenvalue weighted by molar-refractivity contribution is -0.146. The van der Waals surface area contributed by atoms with Crippen molar-refractivity contribution < 1.29 is 14.7 Å². The van der Waals surface area contributed by atoms with Crippen LogP contribution in [0.3, 0.4) is 0 Å². The summed E-state index contributed by atoms with van der Waals surface area (Å²) in [5.41, 5.74) is 0.803. The molecule has 1 fully saturated rings. The van der Waals surface area contributed by atoms with E-state index in [0.29, 0.717) is 11.3 Å². The molecule has 106 valence electrons. The summed E-state index contributed by atoms with van der Waals surface area (Å²) < 4.78 is 0. The Labute approximate surface area is 121 Å². The van der Waals surface area contributed by atoms with Crippen molar-refractivity contribution in [1.29, 1.82) is 5.26 Å². The van der Waals surface area contributed by atoms with E-state index in [9.17, 15) is 14.7 Å². The molecule has 0 spiro atoms. The van der Waals surface area contributed by atoms with Gasteiger partial charge in [0, 0.05) is 0 Å². The first kappa shape index (κ1) is 13.4. The summed E-state index contributed by atoms with van der Waals surface area (Å²) in [6.45, 7) is 0. The number of benzene rings is 1. The normalized spacial score (nSPS) is 29.1. The molecule has 0 aromatic heterocycles. The van der Waals surface area contributed by atoms with E-state index < -0.39 is 17.8 Å². The number of nitrogens with one attached hydrogen (secondary N) is 1. The minimum absolute atomic E-state index is 0.0228. The van der Waals surface area contributed by atoms with Crippen LogP contribution in [0.4, 0.5) is 5.69 Å². The highest BCUT2D eigenvalue weighted by Gasteiger charge is 2.51. The second-order valence-electron chi connectivity index (χ2n) is 5.48. The van der Waals surface area contributed by atoms with Crippen molar-refractivity contribution in [3.63, 3.8) is 0 Å². The fourth-order valence-corrected chi connectivity index (χ4v) is 3.42. The van der Waals surface area contributed by atoms with E-state index >= 15 is 0 Å². The van der Waals surface area contributed by atoms with Crippen LogP contribution in [-0.4, -0.2) is 17.0 Å². The first-order valence-electron chi connectivity index (χ1n) is 6.83. The van der Waals surface area contributed by atoms with Crippen LogP contribution in [0, 0.1) is 35.0 Å². The fraction of sp³-hybridized carbons (Fsp3) is 0.312. The Morgan fingerprint density at radius 3 is 2.52 bits per heavy atom. The van der Waals surface area contributed by atoms with Gasteiger partial charge in [0.05, 0.1) is 23.1 Å². The van der Waals surface area contributed by atoms with Crippen LogP contribution in [0.25, 0.3) is 0 Å². The molecule has 2 N–H and O–H groups in total. The summed E-state index contributed by atoms with van der Waals surface area (Å²) in [5.74, 6) is -2.57. The van der Waals surface area contributed by atoms with Gasteiger partial charge in [0.1, 0.15) is 6.07 Å². The number of amides is 1. The number of rotatable bonds is 3. The third-order valence-electron chi connectivity index (χ3n) is 4.35. The molecule has 0 aliphatic heterocycles. The van der Waals surface area contributed by atoms with Crippen molar-refractivity contribution in [2.24, 2.45) is 23.7 Å². The molecular formula is C16H14N2O3. The Balaban J connectivity index is 1.84. The van der Waals surface area contributed by atoms with E-state index in [1.165, 1.54) is 0 Å². The van der Waals surface area contributed by atoms with Crippen molar-refractivity contribution in [2.45, 2.75) is 6.42 Å². The van der Waals surface area contributed by atoms with Crippen molar-refractivity contribution in [2.75, 3.05) is 5.32 Å². The van der Waals surface area contributed by atoms with Gasteiger partial charge in [-0.25, -0.2) is 0 Å². The van der Waals surface area contributed by atoms with Gasteiger partial charge in [-0.3, -0.25) is 9.59 Å². The number of carboxylic acid groups (broad SMARTS) is 1. The zero-order chi connectivity index (χ0) is 15.0. The van der Waals surface area contributed by atoms with Crippen molar-refractivity contribution in [3.8, 4) is 6.07 Å². The van der Waals surface area contributed by atoms with Crippen molar-refractivity contribution >= 4 is 17.6 Å². The van der Waals surface area contributed by atoms with E-state index in [1.807, 2.05) is 18.2 Å². The van der Waals surface area contributed by atoms with Crippen LogP contribution in [0.15, 0.2) is 36.4 Å². The lowest BCUT2D eigenvalue weighted by Crippen LogP contribution is -2.36. The van der Waals surface area contributed by atoms with Crippen LogP contribution in [0.1, 0.15) is 12.0 Å². The van der Waals surface area contributed by atoms with Gasteiger partial charge in [-0.2, -0.15) is 5.26 Å². The molecular weight excluding hydrogens is 268 g/mol. The highest BCUT2D eigenvalue weighted by molar-refractivity contribution is 5.97. The zero-order valence-corrected chi connectivity index (χ0v) is 11.2. The van der Waals surface area contributed by atoms with Gasteiger partial charge >= 0.3 is 5.97 Å². The molecule has 5 nitrogen and oxygen atoms in total. The monoisotopic (exact) mass is 282 g/mol. The van der Waals surface area contributed by atoms with Gasteiger partial charge in [0.2, 0.25) is 5.91 Å². The van der Waals surface area contributed by atoms with E-state index in [0.717, 1.165) is 6.42 Å². The summed E-state index contributed by atoms with van der Waals surface area (Å²) in [4.78, 5) is 23.9. The quantitative estimate of drug-likeness (QED) is 0.830. The predicted octanol–water partition coefficient (Wildman–Crippen LogP) is 2.02. The molecule has 0 radical (unpaired) electrons. The number of aliphatic carboxylic acids is 1. The molecule has 1 saturated carbocycles. The summed E-state index contributed by atoms with van der Waals surface area (Å²) >= 11 is 0. The van der Waals surface area contributed by atoms with Gasteiger partial charge in [-0.15, -0.1) is 0 Å². The lowest BCUT2D eigenvalue weighted by atomic mass is 9.82. The molecule has 0 saturated heterocycles. The molecule has 3 rings (SSSR count). The molecule has 0 heterocycles. The molecule has 0 unspecified atom stereocenters. The smallest absolute Gasteiger partial charge is 0.307 e. The van der Waals surface area contributed by atoms with Crippen LogP contribution in [-0.2, 0) is 9.59 Å². The molecule has 1 aromatic rings. The second-order valence-corrected chi connectivity index (χ2v) is 5.48. The average Bonchev–Trinajstić information content (AvgIpc) is 3.08. The van der Waals surface area contributed by atoms with Crippen molar-refractivity contribution in [1.82, 2.24) is 0 Å². The zero-order valence-electron chi connectivity index (χ0n) is 11.2. The standard InChI is InChI=1S/C16H14N2O3/c17-8-11-3-1-2-4-12(11)18-15(19)13-9-5-6-10(7-9)14(13)16(20)21/h1-6,9-10,13-14H,7H2,(H,18,19)(H,20,21)/t9-,10-,13-,14+/m0/s1. The number of fused-ring (bicyclic) bond motifs is 2. The van der Waals surface area contributed by atoms with Crippen LogP contribution in [0.5, 0.6) is 0 Å². The summed E-state index contributed by atoms with van der Waals surface area (Å²) in [6.07, 6.45) is 4.55. The van der Waals surface area contributed by atoms with E-state index in [2.05, 4.69) is 5.32 Å². The molecule has 2 aliphatic rings. The second kappa shape index (κ2) is 5.06. The maximum atomic E-state index is 12.5. The number of anilines is 1. The first-order valence-corrected chi connectivity index (χ1v) is 6.83. The third kappa shape index (κ3) is 2.19. The van der Waals surface area contributed by atoms with Gasteiger partial charge < -0.3 is 10.4 Å². The number of carbonyl (C=O) groups excluding carboxylic acids is 1. The van der Waals surface area contributed by atoms with Crippen molar-refractivity contribution in [3.05, 3.63) is 42.0 Å². The Bertz CT molecular complexity index is 674. The summed E-state index contributed by atoms with van der Waals surface area (Å²) in [5, 5.41) is 21.1. The van der Waals surface area contributed by atoms with Crippen LogP contribution >= 0.6 is 0 Å².